The second-order valence-electron chi connectivity index (χ2n) is 5.45. The van der Waals surface area contributed by atoms with Crippen LogP contribution < -0.4 is 5.32 Å². The number of aliphatic carboxylic acids is 1. The number of urea groups is 1. The second-order valence-corrected chi connectivity index (χ2v) is 5.45. The van der Waals surface area contributed by atoms with E-state index in [1.54, 1.807) is 0 Å². The van der Waals surface area contributed by atoms with Crippen molar-refractivity contribution >= 4 is 12.0 Å². The number of nitrogens with one attached hydrogen (secondary N) is 1. The fraction of sp³-hybridized carbons (Fsp3) is 0.833. The van der Waals surface area contributed by atoms with Crippen molar-refractivity contribution in [2.75, 3.05) is 6.54 Å². The lowest BCUT2D eigenvalue weighted by atomic mass is 10.0. The van der Waals surface area contributed by atoms with Crippen molar-refractivity contribution in [3.63, 3.8) is 0 Å². The van der Waals surface area contributed by atoms with Crippen LogP contribution in [-0.4, -0.2) is 40.1 Å². The Balaban J connectivity index is 1.93. The third kappa shape index (κ3) is 3.11. The number of hydrogen-bond acceptors (Lipinski definition) is 2. The summed E-state index contributed by atoms with van der Waals surface area (Å²) in [7, 11) is 0. The topological polar surface area (TPSA) is 69.6 Å². The van der Waals surface area contributed by atoms with Crippen molar-refractivity contribution in [3.05, 3.63) is 0 Å². The van der Waals surface area contributed by atoms with E-state index >= 15 is 0 Å². The highest BCUT2D eigenvalue weighted by atomic mass is 16.4. The van der Waals surface area contributed by atoms with E-state index in [2.05, 4.69) is 5.32 Å². The van der Waals surface area contributed by atoms with Crippen molar-refractivity contribution in [1.82, 2.24) is 10.2 Å². The van der Waals surface area contributed by atoms with Gasteiger partial charge in [0.05, 0.1) is 0 Å². The Morgan fingerprint density at radius 1 is 1.35 bits per heavy atom. The molecule has 0 saturated heterocycles. The molecule has 5 heteroatoms. The molecule has 2 N–H and O–H groups in total. The minimum absolute atomic E-state index is 0.135. The van der Waals surface area contributed by atoms with Gasteiger partial charge in [-0.05, 0) is 32.6 Å². The molecule has 0 unspecified atom stereocenters. The van der Waals surface area contributed by atoms with Gasteiger partial charge in [0, 0.05) is 11.6 Å². The summed E-state index contributed by atoms with van der Waals surface area (Å²) < 4.78 is 0. The zero-order valence-electron chi connectivity index (χ0n) is 10.2. The molecule has 2 saturated carbocycles. The van der Waals surface area contributed by atoms with E-state index in [1.807, 2.05) is 6.92 Å². The van der Waals surface area contributed by atoms with Crippen LogP contribution in [0.1, 0.15) is 45.4 Å². The number of carbonyl (C=O) groups excluding carboxylic acids is 1. The van der Waals surface area contributed by atoms with Crippen molar-refractivity contribution in [3.8, 4) is 0 Å². The van der Waals surface area contributed by atoms with Crippen molar-refractivity contribution in [2.45, 2.75) is 57.0 Å². The van der Waals surface area contributed by atoms with E-state index in [0.717, 1.165) is 38.5 Å². The number of nitrogens with zero attached hydrogens (tertiary/aromatic N) is 1. The monoisotopic (exact) mass is 240 g/mol. The minimum Gasteiger partial charge on any atom is -0.480 e. The minimum atomic E-state index is -0.941. The zero-order chi connectivity index (χ0) is 12.5. The van der Waals surface area contributed by atoms with Crippen LogP contribution in [0.5, 0.6) is 0 Å². The Morgan fingerprint density at radius 2 is 1.94 bits per heavy atom. The Bertz CT molecular complexity index is 320. The fourth-order valence-corrected chi connectivity index (χ4v) is 2.51. The molecule has 2 amide bonds. The first-order valence-electron chi connectivity index (χ1n) is 6.31. The average Bonchev–Trinajstić information content (AvgIpc) is 2.98. The Kier molecular flexibility index (Phi) is 3.26. The summed E-state index contributed by atoms with van der Waals surface area (Å²) in [5.74, 6) is -0.941. The van der Waals surface area contributed by atoms with Crippen LogP contribution >= 0.6 is 0 Å². The third-order valence-corrected chi connectivity index (χ3v) is 3.67. The molecule has 0 spiro atoms. The zero-order valence-corrected chi connectivity index (χ0v) is 10.2. The van der Waals surface area contributed by atoms with Crippen molar-refractivity contribution < 1.29 is 14.7 Å². The van der Waals surface area contributed by atoms with Gasteiger partial charge in [0.1, 0.15) is 6.54 Å². The van der Waals surface area contributed by atoms with E-state index in [0.29, 0.717) is 0 Å². The summed E-state index contributed by atoms with van der Waals surface area (Å²) in [4.78, 5) is 24.3. The molecule has 17 heavy (non-hydrogen) atoms. The SMILES string of the molecule is CC1(NC(=O)N(CC(=O)O)C2CC2)CCCC1. The van der Waals surface area contributed by atoms with Crippen molar-refractivity contribution in [1.29, 1.82) is 0 Å². The number of carboxylic acids is 1. The summed E-state index contributed by atoms with van der Waals surface area (Å²) in [6.07, 6.45) is 6.11. The molecule has 2 rings (SSSR count). The van der Waals surface area contributed by atoms with Gasteiger partial charge < -0.3 is 15.3 Å². The van der Waals surface area contributed by atoms with E-state index in [-0.39, 0.29) is 24.2 Å². The molecule has 0 aliphatic heterocycles. The number of rotatable bonds is 4. The van der Waals surface area contributed by atoms with Crippen LogP contribution in [-0.2, 0) is 4.79 Å². The Hall–Kier alpha value is -1.26. The summed E-state index contributed by atoms with van der Waals surface area (Å²) in [5, 5.41) is 11.8. The maximum Gasteiger partial charge on any atom is 0.323 e. The molecular formula is C12H20N2O3. The lowest BCUT2D eigenvalue weighted by Crippen LogP contribution is -2.52. The second kappa shape index (κ2) is 4.55. The molecule has 0 heterocycles. The number of hydrogen-bond donors (Lipinski definition) is 2. The predicted molar refractivity (Wildman–Crippen MR) is 62.8 cm³/mol. The van der Waals surface area contributed by atoms with Crippen LogP contribution in [0.4, 0.5) is 4.79 Å². The molecule has 0 aromatic heterocycles. The molecular weight excluding hydrogens is 220 g/mol. The Morgan fingerprint density at radius 3 is 2.41 bits per heavy atom. The molecule has 2 aliphatic carbocycles. The largest absolute Gasteiger partial charge is 0.480 e. The molecule has 0 atom stereocenters. The van der Waals surface area contributed by atoms with Crippen molar-refractivity contribution in [2.24, 2.45) is 0 Å². The molecule has 2 fully saturated rings. The Labute approximate surface area is 101 Å². The normalized spacial score (nSPS) is 22.2. The smallest absolute Gasteiger partial charge is 0.323 e. The first-order chi connectivity index (χ1) is 8.00. The van der Waals surface area contributed by atoms with Gasteiger partial charge in [-0.1, -0.05) is 12.8 Å². The average molecular weight is 240 g/mol. The van der Waals surface area contributed by atoms with E-state index in [9.17, 15) is 9.59 Å². The summed E-state index contributed by atoms with van der Waals surface area (Å²) >= 11 is 0. The van der Waals surface area contributed by atoms with E-state index in [1.165, 1.54) is 4.90 Å². The molecule has 0 aromatic rings. The molecule has 5 nitrogen and oxygen atoms in total. The van der Waals surface area contributed by atoms with E-state index in [4.69, 9.17) is 5.11 Å². The van der Waals surface area contributed by atoms with Gasteiger partial charge in [0.15, 0.2) is 0 Å². The number of carbonyl (C=O) groups is 2. The van der Waals surface area contributed by atoms with Gasteiger partial charge in [0.2, 0.25) is 0 Å². The van der Waals surface area contributed by atoms with Gasteiger partial charge in [-0.25, -0.2) is 4.79 Å². The molecule has 0 radical (unpaired) electrons. The summed E-state index contributed by atoms with van der Waals surface area (Å²) in [6.45, 7) is 1.86. The molecule has 2 aliphatic rings. The van der Waals surface area contributed by atoms with Crippen LogP contribution in [0.15, 0.2) is 0 Å². The standard InChI is InChI=1S/C12H20N2O3/c1-12(6-2-3-7-12)13-11(17)14(8-10(15)16)9-4-5-9/h9H,2-8H2,1H3,(H,13,17)(H,15,16). The molecule has 0 aromatic carbocycles. The summed E-state index contributed by atoms with van der Waals surface area (Å²) in [6, 6.07) is -0.0737. The molecule has 0 bridgehead atoms. The van der Waals surface area contributed by atoms with E-state index < -0.39 is 5.97 Å². The quantitative estimate of drug-likeness (QED) is 0.783. The number of amides is 2. The van der Waals surface area contributed by atoms with Crippen LogP contribution in [0.2, 0.25) is 0 Å². The summed E-state index contributed by atoms with van der Waals surface area (Å²) in [5.41, 5.74) is -0.136. The van der Waals surface area contributed by atoms with Gasteiger partial charge >= 0.3 is 12.0 Å². The lowest BCUT2D eigenvalue weighted by Gasteiger charge is -2.30. The van der Waals surface area contributed by atoms with Gasteiger partial charge in [-0.3, -0.25) is 4.79 Å². The number of carboxylic acid groups (broad SMARTS) is 1. The van der Waals surface area contributed by atoms with Gasteiger partial charge in [0.25, 0.3) is 0 Å². The maximum absolute atomic E-state index is 12.1. The van der Waals surface area contributed by atoms with Crippen LogP contribution in [0, 0.1) is 0 Å². The van der Waals surface area contributed by atoms with Crippen LogP contribution in [0.3, 0.4) is 0 Å². The van der Waals surface area contributed by atoms with Gasteiger partial charge in [-0.15, -0.1) is 0 Å². The predicted octanol–water partition coefficient (Wildman–Crippen LogP) is 1.58. The fourth-order valence-electron chi connectivity index (χ4n) is 2.51. The highest BCUT2D eigenvalue weighted by molar-refractivity contribution is 5.81. The highest BCUT2D eigenvalue weighted by Gasteiger charge is 2.37. The van der Waals surface area contributed by atoms with Gasteiger partial charge in [-0.2, -0.15) is 0 Å². The first-order valence-corrected chi connectivity index (χ1v) is 6.31. The van der Waals surface area contributed by atoms with Crippen LogP contribution in [0.25, 0.3) is 0 Å². The highest BCUT2D eigenvalue weighted by Crippen LogP contribution is 2.31. The first kappa shape index (κ1) is 12.2. The third-order valence-electron chi connectivity index (χ3n) is 3.67. The molecule has 96 valence electrons. The lowest BCUT2D eigenvalue weighted by molar-refractivity contribution is -0.137. The maximum atomic E-state index is 12.1.